The van der Waals surface area contributed by atoms with Crippen molar-refractivity contribution in [1.82, 2.24) is 10.3 Å². The first-order valence-corrected chi connectivity index (χ1v) is 6.81. The van der Waals surface area contributed by atoms with Gasteiger partial charge in [0.05, 0.1) is 0 Å². The van der Waals surface area contributed by atoms with Gasteiger partial charge < -0.3 is 10.1 Å². The summed E-state index contributed by atoms with van der Waals surface area (Å²) in [5.74, 6) is 0. The van der Waals surface area contributed by atoms with E-state index in [1.54, 1.807) is 11.3 Å². The molecule has 0 aliphatic carbocycles. The standard InChI is InChI=1S/C12H20N2OS/c1-4-13-9(2)10-8-14-11(16-10)12(3)6-5-7-15-12/h8-9,13H,4-7H2,1-3H3. The Kier molecular flexibility index (Phi) is 3.62. The highest BCUT2D eigenvalue weighted by Crippen LogP contribution is 2.38. The predicted octanol–water partition coefficient (Wildman–Crippen LogP) is 2.84. The molecule has 4 heteroatoms. The van der Waals surface area contributed by atoms with E-state index in [0.717, 1.165) is 31.0 Å². The number of hydrogen-bond donors (Lipinski definition) is 1. The molecule has 1 N–H and O–H groups in total. The van der Waals surface area contributed by atoms with Crippen molar-refractivity contribution in [1.29, 1.82) is 0 Å². The average Bonchev–Trinajstić information content (AvgIpc) is 2.86. The number of thiazole rings is 1. The van der Waals surface area contributed by atoms with Gasteiger partial charge in [0.2, 0.25) is 0 Å². The molecule has 2 heterocycles. The number of hydrogen-bond acceptors (Lipinski definition) is 4. The second-order valence-electron chi connectivity index (χ2n) is 4.53. The van der Waals surface area contributed by atoms with Gasteiger partial charge in [-0.15, -0.1) is 11.3 Å². The van der Waals surface area contributed by atoms with Crippen molar-refractivity contribution < 1.29 is 4.74 Å². The lowest BCUT2D eigenvalue weighted by Gasteiger charge is -2.19. The Morgan fingerprint density at radius 1 is 1.69 bits per heavy atom. The largest absolute Gasteiger partial charge is 0.368 e. The molecule has 1 aromatic heterocycles. The van der Waals surface area contributed by atoms with E-state index in [1.165, 1.54) is 4.88 Å². The molecule has 0 aromatic carbocycles. The third-order valence-corrected chi connectivity index (χ3v) is 4.56. The van der Waals surface area contributed by atoms with Crippen LogP contribution in [0.15, 0.2) is 6.20 Å². The molecule has 0 amide bonds. The third kappa shape index (κ3) is 2.29. The van der Waals surface area contributed by atoms with Gasteiger partial charge in [-0.1, -0.05) is 6.92 Å². The average molecular weight is 240 g/mol. The molecule has 2 rings (SSSR count). The topological polar surface area (TPSA) is 34.2 Å². The molecule has 3 nitrogen and oxygen atoms in total. The van der Waals surface area contributed by atoms with Crippen molar-refractivity contribution in [3.8, 4) is 0 Å². The quantitative estimate of drug-likeness (QED) is 0.878. The molecule has 0 spiro atoms. The molecule has 0 radical (unpaired) electrons. The van der Waals surface area contributed by atoms with E-state index in [1.807, 2.05) is 6.20 Å². The molecule has 1 aromatic rings. The zero-order valence-electron chi connectivity index (χ0n) is 10.2. The fraction of sp³-hybridized carbons (Fsp3) is 0.750. The van der Waals surface area contributed by atoms with Crippen molar-refractivity contribution in [3.63, 3.8) is 0 Å². The van der Waals surface area contributed by atoms with Crippen molar-refractivity contribution in [2.75, 3.05) is 13.2 Å². The highest BCUT2D eigenvalue weighted by Gasteiger charge is 2.34. The fourth-order valence-electron chi connectivity index (χ4n) is 2.09. The molecule has 1 fully saturated rings. The molecule has 2 atom stereocenters. The molecule has 0 bridgehead atoms. The third-order valence-electron chi connectivity index (χ3n) is 3.13. The summed E-state index contributed by atoms with van der Waals surface area (Å²) in [4.78, 5) is 5.83. The van der Waals surface area contributed by atoms with E-state index >= 15 is 0 Å². The van der Waals surface area contributed by atoms with E-state index in [4.69, 9.17) is 4.74 Å². The van der Waals surface area contributed by atoms with E-state index < -0.39 is 0 Å². The van der Waals surface area contributed by atoms with Gasteiger partial charge >= 0.3 is 0 Å². The Morgan fingerprint density at radius 2 is 2.50 bits per heavy atom. The van der Waals surface area contributed by atoms with Gasteiger partial charge in [-0.3, -0.25) is 0 Å². The van der Waals surface area contributed by atoms with Crippen LogP contribution in [-0.2, 0) is 10.3 Å². The van der Waals surface area contributed by atoms with Crippen LogP contribution in [0.3, 0.4) is 0 Å². The van der Waals surface area contributed by atoms with Crippen LogP contribution in [-0.4, -0.2) is 18.1 Å². The van der Waals surface area contributed by atoms with Gasteiger partial charge in [0.1, 0.15) is 10.6 Å². The Hall–Kier alpha value is -0.450. The Morgan fingerprint density at radius 3 is 3.12 bits per heavy atom. The number of aromatic nitrogens is 1. The lowest BCUT2D eigenvalue weighted by atomic mass is 10.0. The summed E-state index contributed by atoms with van der Waals surface area (Å²) < 4.78 is 5.81. The summed E-state index contributed by atoms with van der Waals surface area (Å²) in [6, 6.07) is 0.390. The molecule has 16 heavy (non-hydrogen) atoms. The number of ether oxygens (including phenoxy) is 1. The Bertz CT molecular complexity index is 345. The molecule has 1 saturated heterocycles. The Labute approximate surface area is 101 Å². The smallest absolute Gasteiger partial charge is 0.125 e. The Balaban J connectivity index is 2.12. The van der Waals surface area contributed by atoms with Gasteiger partial charge in [-0.25, -0.2) is 4.98 Å². The van der Waals surface area contributed by atoms with Crippen molar-refractivity contribution in [3.05, 3.63) is 16.1 Å². The highest BCUT2D eigenvalue weighted by atomic mass is 32.1. The lowest BCUT2D eigenvalue weighted by molar-refractivity contribution is 0.0166. The van der Waals surface area contributed by atoms with Crippen LogP contribution < -0.4 is 5.32 Å². The molecule has 0 saturated carbocycles. The van der Waals surface area contributed by atoms with Crippen LogP contribution in [0.5, 0.6) is 0 Å². The van der Waals surface area contributed by atoms with Crippen LogP contribution in [0.4, 0.5) is 0 Å². The summed E-state index contributed by atoms with van der Waals surface area (Å²) >= 11 is 1.78. The number of nitrogens with zero attached hydrogens (tertiary/aromatic N) is 1. The van der Waals surface area contributed by atoms with Crippen LogP contribution >= 0.6 is 11.3 Å². The van der Waals surface area contributed by atoms with Crippen LogP contribution in [0.1, 0.15) is 49.5 Å². The van der Waals surface area contributed by atoms with Crippen molar-refractivity contribution in [2.45, 2.75) is 45.3 Å². The minimum absolute atomic E-state index is 0.130. The van der Waals surface area contributed by atoms with Gasteiger partial charge in [-0.05, 0) is 33.2 Å². The minimum atomic E-state index is -0.130. The molecule has 1 aliphatic rings. The van der Waals surface area contributed by atoms with Crippen LogP contribution in [0.25, 0.3) is 0 Å². The number of rotatable bonds is 4. The van der Waals surface area contributed by atoms with Gasteiger partial charge in [0.25, 0.3) is 0 Å². The summed E-state index contributed by atoms with van der Waals surface area (Å²) in [6.45, 7) is 8.31. The molecular formula is C12H20N2OS. The van der Waals surface area contributed by atoms with Gasteiger partial charge in [0.15, 0.2) is 0 Å². The molecular weight excluding hydrogens is 220 g/mol. The SMILES string of the molecule is CCNC(C)c1cnc(C2(C)CCCO2)s1. The summed E-state index contributed by atoms with van der Waals surface area (Å²) in [7, 11) is 0. The monoisotopic (exact) mass is 240 g/mol. The normalized spacial score (nSPS) is 27.2. The fourth-order valence-corrected chi connectivity index (χ4v) is 3.16. The lowest BCUT2D eigenvalue weighted by Crippen LogP contribution is -2.19. The first kappa shape index (κ1) is 12.0. The second kappa shape index (κ2) is 4.82. The first-order chi connectivity index (χ1) is 7.65. The van der Waals surface area contributed by atoms with Gasteiger partial charge in [-0.2, -0.15) is 0 Å². The van der Waals surface area contributed by atoms with Crippen molar-refractivity contribution >= 4 is 11.3 Å². The summed E-state index contributed by atoms with van der Waals surface area (Å²) in [5, 5.41) is 4.54. The van der Waals surface area contributed by atoms with Crippen LogP contribution in [0, 0.1) is 0 Å². The van der Waals surface area contributed by atoms with E-state index in [-0.39, 0.29) is 5.60 Å². The molecule has 90 valence electrons. The van der Waals surface area contributed by atoms with E-state index in [9.17, 15) is 0 Å². The second-order valence-corrected chi connectivity index (χ2v) is 5.59. The molecule has 1 aliphatic heterocycles. The van der Waals surface area contributed by atoms with E-state index in [0.29, 0.717) is 6.04 Å². The van der Waals surface area contributed by atoms with Crippen LogP contribution in [0.2, 0.25) is 0 Å². The summed E-state index contributed by atoms with van der Waals surface area (Å²) in [6.07, 6.45) is 4.23. The number of nitrogens with one attached hydrogen (secondary N) is 1. The van der Waals surface area contributed by atoms with Gasteiger partial charge in [0, 0.05) is 23.7 Å². The minimum Gasteiger partial charge on any atom is -0.368 e. The molecule has 2 unspecified atom stereocenters. The maximum Gasteiger partial charge on any atom is 0.125 e. The van der Waals surface area contributed by atoms with E-state index in [2.05, 4.69) is 31.1 Å². The first-order valence-electron chi connectivity index (χ1n) is 5.99. The van der Waals surface area contributed by atoms with Crippen molar-refractivity contribution in [2.24, 2.45) is 0 Å². The zero-order chi connectivity index (χ0) is 11.6. The maximum atomic E-state index is 5.81. The summed E-state index contributed by atoms with van der Waals surface area (Å²) in [5.41, 5.74) is -0.130. The predicted molar refractivity (Wildman–Crippen MR) is 66.7 cm³/mol. The zero-order valence-corrected chi connectivity index (χ0v) is 11.1. The highest BCUT2D eigenvalue weighted by molar-refractivity contribution is 7.11. The maximum absolute atomic E-state index is 5.81.